The highest BCUT2D eigenvalue weighted by Crippen LogP contribution is 2.27. The number of carbonyl (C=O) groups is 2. The van der Waals surface area contributed by atoms with Crippen molar-refractivity contribution in [2.75, 3.05) is 19.6 Å². The summed E-state index contributed by atoms with van der Waals surface area (Å²) >= 11 is 0. The molecule has 2 aliphatic rings. The van der Waals surface area contributed by atoms with E-state index in [-0.39, 0.29) is 17.7 Å². The van der Waals surface area contributed by atoms with E-state index in [1.54, 1.807) is 0 Å². The molecular formula is C14H24N2O2. The van der Waals surface area contributed by atoms with Gasteiger partial charge in [0, 0.05) is 19.4 Å². The van der Waals surface area contributed by atoms with Crippen LogP contribution in [0.3, 0.4) is 0 Å². The summed E-state index contributed by atoms with van der Waals surface area (Å²) in [7, 11) is 0. The molecule has 2 heterocycles. The Kier molecular flexibility index (Phi) is 4.38. The molecule has 2 saturated heterocycles. The van der Waals surface area contributed by atoms with Gasteiger partial charge in [0.25, 0.3) is 0 Å². The van der Waals surface area contributed by atoms with Gasteiger partial charge in [0.15, 0.2) is 0 Å². The number of hydrogen-bond donors (Lipinski definition) is 1. The Balaban J connectivity index is 1.92. The topological polar surface area (TPSA) is 49.4 Å². The molecule has 2 amide bonds. The Hall–Kier alpha value is -0.900. The maximum absolute atomic E-state index is 12.1. The number of rotatable bonds is 3. The Morgan fingerprint density at radius 1 is 1.17 bits per heavy atom. The first-order chi connectivity index (χ1) is 8.58. The third kappa shape index (κ3) is 3.10. The molecule has 4 heteroatoms. The Labute approximate surface area is 109 Å². The summed E-state index contributed by atoms with van der Waals surface area (Å²) in [5.41, 5.74) is 0. The molecule has 2 fully saturated rings. The number of carbonyl (C=O) groups excluding carboxylic acids is 2. The van der Waals surface area contributed by atoms with Crippen molar-refractivity contribution in [2.24, 2.45) is 17.8 Å². The third-order valence-electron chi connectivity index (χ3n) is 4.32. The molecular weight excluding hydrogens is 228 g/mol. The highest BCUT2D eigenvalue weighted by molar-refractivity contribution is 5.97. The largest absolute Gasteiger partial charge is 0.317 e. The first-order valence-corrected chi connectivity index (χ1v) is 7.12. The predicted molar refractivity (Wildman–Crippen MR) is 69.9 cm³/mol. The molecule has 0 aromatic heterocycles. The molecule has 18 heavy (non-hydrogen) atoms. The summed E-state index contributed by atoms with van der Waals surface area (Å²) in [5.74, 6) is 1.25. The van der Waals surface area contributed by atoms with Crippen molar-refractivity contribution in [1.82, 2.24) is 10.2 Å². The number of nitrogens with one attached hydrogen (secondary N) is 1. The standard InChI is InChI=1S/C14H24N2O2/c1-10(2)12-7-13(17)16(14(18)8-12)9-11-3-5-15-6-4-11/h10-12,15H,3-9H2,1-2H3. The van der Waals surface area contributed by atoms with E-state index >= 15 is 0 Å². The van der Waals surface area contributed by atoms with Crippen LogP contribution in [-0.2, 0) is 9.59 Å². The number of likely N-dealkylation sites (tertiary alicyclic amines) is 1. The zero-order valence-electron chi connectivity index (χ0n) is 11.4. The van der Waals surface area contributed by atoms with Crippen LogP contribution in [0.15, 0.2) is 0 Å². The lowest BCUT2D eigenvalue weighted by Gasteiger charge is -2.35. The van der Waals surface area contributed by atoms with Crippen molar-refractivity contribution in [3.05, 3.63) is 0 Å². The van der Waals surface area contributed by atoms with Crippen LogP contribution in [-0.4, -0.2) is 36.3 Å². The number of amides is 2. The molecule has 0 radical (unpaired) electrons. The summed E-state index contributed by atoms with van der Waals surface area (Å²) in [6.07, 6.45) is 3.25. The molecule has 102 valence electrons. The second-order valence-electron chi connectivity index (χ2n) is 6.00. The summed E-state index contributed by atoms with van der Waals surface area (Å²) < 4.78 is 0. The van der Waals surface area contributed by atoms with Crippen LogP contribution in [0.4, 0.5) is 0 Å². The van der Waals surface area contributed by atoms with E-state index in [9.17, 15) is 9.59 Å². The van der Waals surface area contributed by atoms with Crippen molar-refractivity contribution in [3.8, 4) is 0 Å². The van der Waals surface area contributed by atoms with E-state index in [1.165, 1.54) is 4.90 Å². The summed E-state index contributed by atoms with van der Waals surface area (Å²) in [6, 6.07) is 0. The van der Waals surface area contributed by atoms with Gasteiger partial charge in [-0.3, -0.25) is 14.5 Å². The van der Waals surface area contributed by atoms with Gasteiger partial charge in [0.2, 0.25) is 11.8 Å². The van der Waals surface area contributed by atoms with Gasteiger partial charge >= 0.3 is 0 Å². The predicted octanol–water partition coefficient (Wildman–Crippen LogP) is 1.41. The minimum Gasteiger partial charge on any atom is -0.317 e. The third-order valence-corrected chi connectivity index (χ3v) is 4.32. The summed E-state index contributed by atoms with van der Waals surface area (Å²) in [4.78, 5) is 25.7. The second kappa shape index (κ2) is 5.83. The van der Waals surface area contributed by atoms with E-state index in [0.29, 0.717) is 31.2 Å². The summed E-state index contributed by atoms with van der Waals surface area (Å²) in [5, 5.41) is 3.31. The molecule has 4 nitrogen and oxygen atoms in total. The minimum absolute atomic E-state index is 0.0449. The van der Waals surface area contributed by atoms with Crippen LogP contribution in [0.25, 0.3) is 0 Å². The minimum atomic E-state index is 0.0449. The molecule has 1 N–H and O–H groups in total. The molecule has 0 atom stereocenters. The van der Waals surface area contributed by atoms with Gasteiger partial charge in [-0.15, -0.1) is 0 Å². The second-order valence-corrected chi connectivity index (χ2v) is 6.00. The van der Waals surface area contributed by atoms with E-state index in [4.69, 9.17) is 0 Å². The van der Waals surface area contributed by atoms with Crippen LogP contribution in [0.1, 0.15) is 39.5 Å². The molecule has 0 saturated carbocycles. The number of hydrogen-bond acceptors (Lipinski definition) is 3. The fourth-order valence-corrected chi connectivity index (χ4v) is 2.88. The van der Waals surface area contributed by atoms with Crippen LogP contribution in [0, 0.1) is 17.8 Å². The fraction of sp³-hybridized carbons (Fsp3) is 0.857. The van der Waals surface area contributed by atoms with Gasteiger partial charge in [-0.25, -0.2) is 0 Å². The number of imide groups is 1. The molecule has 2 rings (SSSR count). The molecule has 0 bridgehead atoms. The van der Waals surface area contributed by atoms with E-state index in [1.807, 2.05) is 0 Å². The fourth-order valence-electron chi connectivity index (χ4n) is 2.88. The molecule has 0 spiro atoms. The van der Waals surface area contributed by atoms with Gasteiger partial charge in [0.1, 0.15) is 0 Å². The Bertz CT molecular complexity index is 304. The normalized spacial score (nSPS) is 24.1. The van der Waals surface area contributed by atoms with E-state index in [0.717, 1.165) is 25.9 Å². The first-order valence-electron chi connectivity index (χ1n) is 7.12. The maximum Gasteiger partial charge on any atom is 0.229 e. The number of piperidine rings is 2. The van der Waals surface area contributed by atoms with Crippen LogP contribution in [0.5, 0.6) is 0 Å². The highest BCUT2D eigenvalue weighted by atomic mass is 16.2. The van der Waals surface area contributed by atoms with Crippen molar-refractivity contribution in [3.63, 3.8) is 0 Å². The Morgan fingerprint density at radius 3 is 2.22 bits per heavy atom. The maximum atomic E-state index is 12.1. The highest BCUT2D eigenvalue weighted by Gasteiger charge is 2.34. The Morgan fingerprint density at radius 2 is 1.72 bits per heavy atom. The van der Waals surface area contributed by atoms with Crippen molar-refractivity contribution in [2.45, 2.75) is 39.5 Å². The molecule has 0 aromatic carbocycles. The summed E-state index contributed by atoms with van der Waals surface area (Å²) in [6.45, 7) is 6.84. The van der Waals surface area contributed by atoms with Crippen molar-refractivity contribution < 1.29 is 9.59 Å². The smallest absolute Gasteiger partial charge is 0.229 e. The van der Waals surface area contributed by atoms with Crippen molar-refractivity contribution in [1.29, 1.82) is 0 Å². The number of nitrogens with zero attached hydrogens (tertiary/aromatic N) is 1. The quantitative estimate of drug-likeness (QED) is 0.773. The monoisotopic (exact) mass is 252 g/mol. The molecule has 0 unspecified atom stereocenters. The van der Waals surface area contributed by atoms with Gasteiger partial charge in [0.05, 0.1) is 0 Å². The van der Waals surface area contributed by atoms with E-state index < -0.39 is 0 Å². The van der Waals surface area contributed by atoms with Gasteiger partial charge in [-0.2, -0.15) is 0 Å². The molecule has 0 aliphatic carbocycles. The van der Waals surface area contributed by atoms with Crippen LogP contribution >= 0.6 is 0 Å². The van der Waals surface area contributed by atoms with Gasteiger partial charge in [-0.1, -0.05) is 13.8 Å². The zero-order chi connectivity index (χ0) is 13.1. The van der Waals surface area contributed by atoms with Crippen LogP contribution < -0.4 is 5.32 Å². The SMILES string of the molecule is CC(C)C1CC(=O)N(CC2CCNCC2)C(=O)C1. The molecule has 2 aliphatic heterocycles. The van der Waals surface area contributed by atoms with E-state index in [2.05, 4.69) is 19.2 Å². The lowest BCUT2D eigenvalue weighted by molar-refractivity contribution is -0.151. The average molecular weight is 252 g/mol. The lowest BCUT2D eigenvalue weighted by Crippen LogP contribution is -2.47. The van der Waals surface area contributed by atoms with Gasteiger partial charge < -0.3 is 5.32 Å². The van der Waals surface area contributed by atoms with Gasteiger partial charge in [-0.05, 0) is 43.7 Å². The van der Waals surface area contributed by atoms with Crippen molar-refractivity contribution >= 4 is 11.8 Å². The average Bonchev–Trinajstić information content (AvgIpc) is 2.34. The zero-order valence-corrected chi connectivity index (χ0v) is 11.4. The first kappa shape index (κ1) is 13.5. The van der Waals surface area contributed by atoms with Crippen LogP contribution in [0.2, 0.25) is 0 Å². The molecule has 0 aromatic rings. The lowest BCUT2D eigenvalue weighted by atomic mass is 9.85.